The van der Waals surface area contributed by atoms with Crippen LogP contribution in [0, 0.1) is 0 Å². The smallest absolute Gasteiger partial charge is 0.0205 e. The van der Waals surface area contributed by atoms with Crippen LogP contribution in [-0.4, -0.2) is 12.3 Å². The molecule has 0 saturated carbocycles. The van der Waals surface area contributed by atoms with Crippen LogP contribution in [0.2, 0.25) is 0 Å². The SMILES string of the molecule is CCCCCCSc1ccc(CNCC)cc1. The highest BCUT2D eigenvalue weighted by molar-refractivity contribution is 7.99. The highest BCUT2D eigenvalue weighted by Gasteiger charge is 1.95. The van der Waals surface area contributed by atoms with Crippen LogP contribution in [0.4, 0.5) is 0 Å². The lowest BCUT2D eigenvalue weighted by Crippen LogP contribution is -2.11. The van der Waals surface area contributed by atoms with Gasteiger partial charge in [0.2, 0.25) is 0 Å². The maximum atomic E-state index is 3.34. The molecule has 0 saturated heterocycles. The van der Waals surface area contributed by atoms with Crippen molar-refractivity contribution in [1.82, 2.24) is 5.32 Å². The quantitative estimate of drug-likeness (QED) is 0.513. The Morgan fingerprint density at radius 3 is 2.41 bits per heavy atom. The number of unbranched alkanes of at least 4 members (excludes halogenated alkanes) is 3. The van der Waals surface area contributed by atoms with Crippen molar-refractivity contribution in [3.05, 3.63) is 29.8 Å². The van der Waals surface area contributed by atoms with Crippen LogP contribution < -0.4 is 5.32 Å². The molecule has 1 N–H and O–H groups in total. The van der Waals surface area contributed by atoms with E-state index in [9.17, 15) is 0 Å². The Bertz CT molecular complexity index is 281. The number of hydrogen-bond donors (Lipinski definition) is 1. The average molecular weight is 251 g/mol. The molecule has 0 aliphatic carbocycles. The number of rotatable bonds is 9. The Morgan fingerprint density at radius 1 is 1.00 bits per heavy atom. The van der Waals surface area contributed by atoms with E-state index in [1.54, 1.807) is 0 Å². The third-order valence-corrected chi connectivity index (χ3v) is 3.87. The summed E-state index contributed by atoms with van der Waals surface area (Å²) in [6.07, 6.45) is 5.42. The second kappa shape index (κ2) is 9.55. The van der Waals surface area contributed by atoms with Crippen molar-refractivity contribution < 1.29 is 0 Å². The van der Waals surface area contributed by atoms with E-state index in [0.717, 1.165) is 13.1 Å². The normalized spacial score (nSPS) is 10.7. The Morgan fingerprint density at radius 2 is 1.76 bits per heavy atom. The van der Waals surface area contributed by atoms with E-state index in [-0.39, 0.29) is 0 Å². The van der Waals surface area contributed by atoms with Crippen molar-refractivity contribution in [1.29, 1.82) is 0 Å². The molecule has 0 aliphatic heterocycles. The van der Waals surface area contributed by atoms with E-state index in [0.29, 0.717) is 0 Å². The van der Waals surface area contributed by atoms with E-state index >= 15 is 0 Å². The third kappa shape index (κ3) is 6.75. The standard InChI is InChI=1S/C15H25NS/c1-3-5-6-7-12-17-15-10-8-14(9-11-15)13-16-4-2/h8-11,16H,3-7,12-13H2,1-2H3. The minimum absolute atomic E-state index is 0.984. The van der Waals surface area contributed by atoms with Crippen molar-refractivity contribution in [2.24, 2.45) is 0 Å². The minimum atomic E-state index is 0.984. The summed E-state index contributed by atoms with van der Waals surface area (Å²) in [4.78, 5) is 1.40. The Hall–Kier alpha value is -0.470. The number of benzene rings is 1. The molecule has 0 amide bonds. The van der Waals surface area contributed by atoms with E-state index < -0.39 is 0 Å². The molecule has 96 valence electrons. The van der Waals surface area contributed by atoms with Crippen LogP contribution in [-0.2, 0) is 6.54 Å². The second-order valence-corrected chi connectivity index (χ2v) is 5.50. The molecule has 0 aliphatic rings. The number of nitrogens with one attached hydrogen (secondary N) is 1. The molecule has 0 spiro atoms. The first-order valence-corrected chi connectivity index (χ1v) is 7.77. The second-order valence-electron chi connectivity index (χ2n) is 4.33. The lowest BCUT2D eigenvalue weighted by Gasteiger charge is -2.04. The summed E-state index contributed by atoms with van der Waals surface area (Å²) >= 11 is 1.98. The zero-order chi connectivity index (χ0) is 12.3. The van der Waals surface area contributed by atoms with E-state index in [4.69, 9.17) is 0 Å². The monoisotopic (exact) mass is 251 g/mol. The van der Waals surface area contributed by atoms with Crippen LogP contribution in [0.15, 0.2) is 29.2 Å². The Kier molecular flexibility index (Phi) is 8.20. The van der Waals surface area contributed by atoms with Gasteiger partial charge in [-0.1, -0.05) is 45.2 Å². The molecule has 1 aromatic carbocycles. The van der Waals surface area contributed by atoms with Crippen LogP contribution >= 0.6 is 11.8 Å². The number of thioether (sulfide) groups is 1. The van der Waals surface area contributed by atoms with Crippen molar-refractivity contribution in [2.45, 2.75) is 51.0 Å². The van der Waals surface area contributed by atoms with Gasteiger partial charge in [0, 0.05) is 11.4 Å². The highest BCUT2D eigenvalue weighted by Crippen LogP contribution is 2.20. The molecule has 1 nitrogen and oxygen atoms in total. The fourth-order valence-electron chi connectivity index (χ4n) is 1.69. The molecule has 0 radical (unpaired) electrons. The average Bonchev–Trinajstić information content (AvgIpc) is 2.37. The first kappa shape index (κ1) is 14.6. The fraction of sp³-hybridized carbons (Fsp3) is 0.600. The topological polar surface area (TPSA) is 12.0 Å². The summed E-state index contributed by atoms with van der Waals surface area (Å²) in [5.41, 5.74) is 1.38. The van der Waals surface area contributed by atoms with Gasteiger partial charge in [0.15, 0.2) is 0 Å². The maximum Gasteiger partial charge on any atom is 0.0205 e. The summed E-state index contributed by atoms with van der Waals surface area (Å²) in [6, 6.07) is 8.96. The summed E-state index contributed by atoms with van der Waals surface area (Å²) in [5.74, 6) is 1.26. The molecule has 0 aromatic heterocycles. The molecule has 0 atom stereocenters. The molecule has 17 heavy (non-hydrogen) atoms. The molecule has 2 heteroatoms. The lowest BCUT2D eigenvalue weighted by molar-refractivity contribution is 0.706. The van der Waals surface area contributed by atoms with E-state index in [2.05, 4.69) is 43.4 Å². The van der Waals surface area contributed by atoms with Crippen molar-refractivity contribution in [2.75, 3.05) is 12.3 Å². The molecular formula is C15H25NS. The van der Waals surface area contributed by atoms with Crippen LogP contribution in [0.25, 0.3) is 0 Å². The van der Waals surface area contributed by atoms with Gasteiger partial charge in [-0.2, -0.15) is 0 Å². The van der Waals surface area contributed by atoms with Crippen LogP contribution in [0.5, 0.6) is 0 Å². The lowest BCUT2D eigenvalue weighted by atomic mass is 10.2. The summed E-state index contributed by atoms with van der Waals surface area (Å²) < 4.78 is 0. The minimum Gasteiger partial charge on any atom is -0.313 e. The third-order valence-electron chi connectivity index (χ3n) is 2.77. The predicted octanol–water partition coefficient (Wildman–Crippen LogP) is 4.47. The van der Waals surface area contributed by atoms with Crippen LogP contribution in [0.1, 0.15) is 45.1 Å². The van der Waals surface area contributed by atoms with Crippen molar-refractivity contribution >= 4 is 11.8 Å². The zero-order valence-electron chi connectivity index (χ0n) is 11.2. The van der Waals surface area contributed by atoms with Gasteiger partial charge >= 0.3 is 0 Å². The van der Waals surface area contributed by atoms with Gasteiger partial charge in [-0.05, 0) is 36.4 Å². The van der Waals surface area contributed by atoms with Crippen molar-refractivity contribution in [3.63, 3.8) is 0 Å². The summed E-state index contributed by atoms with van der Waals surface area (Å²) in [7, 11) is 0. The van der Waals surface area contributed by atoms with Crippen molar-refractivity contribution in [3.8, 4) is 0 Å². The molecule has 1 rings (SSSR count). The zero-order valence-corrected chi connectivity index (χ0v) is 12.0. The predicted molar refractivity (Wildman–Crippen MR) is 78.7 cm³/mol. The van der Waals surface area contributed by atoms with Gasteiger partial charge in [0.25, 0.3) is 0 Å². The first-order valence-electron chi connectivity index (χ1n) is 6.79. The van der Waals surface area contributed by atoms with Gasteiger partial charge in [-0.15, -0.1) is 11.8 Å². The molecule has 0 unspecified atom stereocenters. The molecular weight excluding hydrogens is 226 g/mol. The van der Waals surface area contributed by atoms with Gasteiger partial charge in [0.1, 0.15) is 0 Å². The fourth-order valence-corrected chi connectivity index (χ4v) is 2.60. The molecule has 0 heterocycles. The maximum absolute atomic E-state index is 3.34. The van der Waals surface area contributed by atoms with E-state index in [1.807, 2.05) is 11.8 Å². The summed E-state index contributed by atoms with van der Waals surface area (Å²) in [6.45, 7) is 6.42. The first-order chi connectivity index (χ1) is 8.36. The molecule has 1 aromatic rings. The van der Waals surface area contributed by atoms with Crippen LogP contribution in [0.3, 0.4) is 0 Å². The summed E-state index contributed by atoms with van der Waals surface area (Å²) in [5, 5.41) is 3.34. The van der Waals surface area contributed by atoms with Gasteiger partial charge in [-0.3, -0.25) is 0 Å². The van der Waals surface area contributed by atoms with E-state index in [1.165, 1.54) is 41.9 Å². The van der Waals surface area contributed by atoms with Gasteiger partial charge in [0.05, 0.1) is 0 Å². The molecule has 0 bridgehead atoms. The highest BCUT2D eigenvalue weighted by atomic mass is 32.2. The van der Waals surface area contributed by atoms with Gasteiger partial charge in [-0.25, -0.2) is 0 Å². The Labute approximate surface area is 110 Å². The number of hydrogen-bond acceptors (Lipinski definition) is 2. The largest absolute Gasteiger partial charge is 0.313 e. The Balaban J connectivity index is 2.20. The molecule has 0 fully saturated rings. The van der Waals surface area contributed by atoms with Gasteiger partial charge < -0.3 is 5.32 Å².